The molecule has 1 aliphatic heterocycles. The highest BCUT2D eigenvalue weighted by molar-refractivity contribution is 5.79. The molecule has 0 spiro atoms. The lowest BCUT2D eigenvalue weighted by Gasteiger charge is -2.44. The summed E-state index contributed by atoms with van der Waals surface area (Å²) < 4.78 is 5.38. The Morgan fingerprint density at radius 2 is 2.11 bits per heavy atom. The van der Waals surface area contributed by atoms with E-state index in [0.717, 1.165) is 45.6 Å². The number of rotatable bonds is 4. The number of aliphatic carboxylic acids is 1. The normalized spacial score (nSPS) is 33.5. The molecule has 0 radical (unpaired) electrons. The molecule has 0 amide bonds. The minimum Gasteiger partial charge on any atom is -0.480 e. The highest BCUT2D eigenvalue weighted by Crippen LogP contribution is 2.32. The monoisotopic (exact) mass is 270 g/mol. The summed E-state index contributed by atoms with van der Waals surface area (Å²) in [7, 11) is 0. The summed E-state index contributed by atoms with van der Waals surface area (Å²) in [6.07, 6.45) is 3.53. The van der Waals surface area contributed by atoms with Crippen molar-refractivity contribution in [3.05, 3.63) is 0 Å². The molecule has 1 saturated heterocycles. The van der Waals surface area contributed by atoms with Crippen molar-refractivity contribution < 1.29 is 14.6 Å². The smallest absolute Gasteiger partial charge is 0.323 e. The zero-order valence-corrected chi connectivity index (χ0v) is 12.0. The molecular weight excluding hydrogens is 244 g/mol. The Morgan fingerprint density at radius 3 is 2.68 bits per heavy atom. The third-order valence-electron chi connectivity index (χ3n) is 4.26. The molecule has 2 fully saturated rings. The van der Waals surface area contributed by atoms with Gasteiger partial charge >= 0.3 is 5.97 Å². The van der Waals surface area contributed by atoms with Crippen LogP contribution in [0.2, 0.25) is 0 Å². The number of carbonyl (C=O) groups is 1. The summed E-state index contributed by atoms with van der Waals surface area (Å²) in [5.41, 5.74) is -0.741. The zero-order valence-electron chi connectivity index (χ0n) is 12.0. The molecule has 0 aromatic rings. The van der Waals surface area contributed by atoms with Crippen LogP contribution in [0.3, 0.4) is 0 Å². The van der Waals surface area contributed by atoms with Crippen LogP contribution < -0.4 is 5.32 Å². The minimum atomic E-state index is -0.741. The molecule has 1 heterocycles. The van der Waals surface area contributed by atoms with Gasteiger partial charge in [0.15, 0.2) is 0 Å². The molecule has 5 nitrogen and oxygen atoms in total. The second-order valence-electron chi connectivity index (χ2n) is 6.08. The van der Waals surface area contributed by atoms with Crippen molar-refractivity contribution in [2.24, 2.45) is 0 Å². The summed E-state index contributed by atoms with van der Waals surface area (Å²) in [6, 6.07) is 0.569. The van der Waals surface area contributed by atoms with E-state index in [1.165, 1.54) is 0 Å². The van der Waals surface area contributed by atoms with E-state index in [2.05, 4.69) is 10.2 Å². The van der Waals surface area contributed by atoms with Crippen LogP contribution in [0.4, 0.5) is 0 Å². The third kappa shape index (κ3) is 3.46. The lowest BCUT2D eigenvalue weighted by atomic mass is 9.77. The van der Waals surface area contributed by atoms with Crippen molar-refractivity contribution in [3.8, 4) is 0 Å². The van der Waals surface area contributed by atoms with Gasteiger partial charge < -0.3 is 9.84 Å². The van der Waals surface area contributed by atoms with Gasteiger partial charge in [0.1, 0.15) is 5.54 Å². The lowest BCUT2D eigenvalue weighted by molar-refractivity contribution is -0.148. The number of morpholine rings is 1. The van der Waals surface area contributed by atoms with E-state index >= 15 is 0 Å². The topological polar surface area (TPSA) is 61.8 Å². The van der Waals surface area contributed by atoms with Crippen molar-refractivity contribution in [1.82, 2.24) is 10.2 Å². The Balaban J connectivity index is 2.06. The average molecular weight is 270 g/mol. The van der Waals surface area contributed by atoms with Crippen molar-refractivity contribution in [2.45, 2.75) is 57.2 Å². The fourth-order valence-electron chi connectivity index (χ4n) is 3.44. The minimum absolute atomic E-state index is 0.194. The maximum atomic E-state index is 11.7. The van der Waals surface area contributed by atoms with Crippen LogP contribution in [0.5, 0.6) is 0 Å². The van der Waals surface area contributed by atoms with Crippen LogP contribution in [0.1, 0.15) is 39.5 Å². The molecule has 2 atom stereocenters. The van der Waals surface area contributed by atoms with E-state index in [1.54, 1.807) is 0 Å². The summed E-state index contributed by atoms with van der Waals surface area (Å²) in [4.78, 5) is 14.1. The summed E-state index contributed by atoms with van der Waals surface area (Å²) in [5, 5.41) is 13.0. The molecule has 1 aliphatic carbocycles. The summed E-state index contributed by atoms with van der Waals surface area (Å²) in [6.45, 7) is 7.44. The maximum Gasteiger partial charge on any atom is 0.323 e. The highest BCUT2D eigenvalue weighted by atomic mass is 16.5. The number of carboxylic acid groups (broad SMARTS) is 1. The summed E-state index contributed by atoms with van der Waals surface area (Å²) in [5.74, 6) is -0.695. The van der Waals surface area contributed by atoms with Crippen LogP contribution in [0.15, 0.2) is 0 Å². The zero-order chi connectivity index (χ0) is 13.9. The fraction of sp³-hybridized carbons (Fsp3) is 0.929. The number of ether oxygens (including phenoxy) is 1. The molecule has 2 unspecified atom stereocenters. The van der Waals surface area contributed by atoms with E-state index in [0.29, 0.717) is 12.5 Å². The van der Waals surface area contributed by atoms with E-state index in [4.69, 9.17) is 4.74 Å². The van der Waals surface area contributed by atoms with Crippen molar-refractivity contribution in [1.29, 1.82) is 0 Å². The molecule has 0 bridgehead atoms. The van der Waals surface area contributed by atoms with Crippen LogP contribution in [-0.2, 0) is 9.53 Å². The van der Waals surface area contributed by atoms with Gasteiger partial charge in [-0.2, -0.15) is 0 Å². The second-order valence-corrected chi connectivity index (χ2v) is 6.08. The van der Waals surface area contributed by atoms with E-state index in [-0.39, 0.29) is 6.04 Å². The Bertz CT molecular complexity index is 316. The van der Waals surface area contributed by atoms with E-state index in [9.17, 15) is 9.90 Å². The molecule has 1 saturated carbocycles. The molecule has 2 aliphatic rings. The SMILES string of the molecule is CC(C)NC1(C(=O)O)CCCC(N2CCOCC2)C1. The van der Waals surface area contributed by atoms with Gasteiger partial charge in [-0.05, 0) is 39.5 Å². The van der Waals surface area contributed by atoms with Gasteiger partial charge in [0, 0.05) is 25.2 Å². The quantitative estimate of drug-likeness (QED) is 0.800. The first kappa shape index (κ1) is 14.8. The standard InChI is InChI=1S/C14H26N2O3/c1-11(2)15-14(13(17)18)5-3-4-12(10-14)16-6-8-19-9-7-16/h11-12,15H,3-10H2,1-2H3,(H,17,18). The van der Waals surface area contributed by atoms with Gasteiger partial charge in [0.2, 0.25) is 0 Å². The fourth-order valence-corrected chi connectivity index (χ4v) is 3.44. The van der Waals surface area contributed by atoms with Gasteiger partial charge in [-0.25, -0.2) is 0 Å². The van der Waals surface area contributed by atoms with Gasteiger partial charge in [-0.1, -0.05) is 0 Å². The maximum absolute atomic E-state index is 11.7. The first-order valence-corrected chi connectivity index (χ1v) is 7.36. The first-order valence-electron chi connectivity index (χ1n) is 7.36. The number of hydrogen-bond acceptors (Lipinski definition) is 4. The summed E-state index contributed by atoms with van der Waals surface area (Å²) >= 11 is 0. The predicted molar refractivity (Wildman–Crippen MR) is 73.3 cm³/mol. The molecule has 19 heavy (non-hydrogen) atoms. The van der Waals surface area contributed by atoms with Gasteiger partial charge in [0.05, 0.1) is 13.2 Å². The molecular formula is C14H26N2O3. The Labute approximate surface area is 115 Å². The van der Waals surface area contributed by atoms with Crippen LogP contribution >= 0.6 is 0 Å². The van der Waals surface area contributed by atoms with Crippen LogP contribution in [0.25, 0.3) is 0 Å². The second kappa shape index (κ2) is 6.20. The number of nitrogens with one attached hydrogen (secondary N) is 1. The van der Waals surface area contributed by atoms with Gasteiger partial charge in [0.25, 0.3) is 0 Å². The number of carboxylic acids is 1. The van der Waals surface area contributed by atoms with Gasteiger partial charge in [-0.15, -0.1) is 0 Å². The third-order valence-corrected chi connectivity index (χ3v) is 4.26. The van der Waals surface area contributed by atoms with E-state index in [1.807, 2.05) is 13.8 Å². The number of hydrogen-bond donors (Lipinski definition) is 2. The van der Waals surface area contributed by atoms with Crippen LogP contribution in [-0.4, -0.2) is 59.9 Å². The highest BCUT2D eigenvalue weighted by Gasteiger charge is 2.44. The lowest BCUT2D eigenvalue weighted by Crippen LogP contribution is -2.60. The molecule has 0 aromatic heterocycles. The van der Waals surface area contributed by atoms with Crippen molar-refractivity contribution >= 4 is 5.97 Å². The molecule has 2 N–H and O–H groups in total. The van der Waals surface area contributed by atoms with Crippen molar-refractivity contribution in [2.75, 3.05) is 26.3 Å². The Kier molecular flexibility index (Phi) is 4.81. The molecule has 5 heteroatoms. The molecule has 0 aromatic carbocycles. The molecule has 2 rings (SSSR count). The average Bonchev–Trinajstić information content (AvgIpc) is 2.39. The van der Waals surface area contributed by atoms with Gasteiger partial charge in [-0.3, -0.25) is 15.0 Å². The predicted octanol–water partition coefficient (Wildman–Crippen LogP) is 1.08. The van der Waals surface area contributed by atoms with Crippen molar-refractivity contribution in [3.63, 3.8) is 0 Å². The van der Waals surface area contributed by atoms with Crippen LogP contribution in [0, 0.1) is 0 Å². The Hall–Kier alpha value is -0.650. The first-order chi connectivity index (χ1) is 9.03. The molecule has 110 valence electrons. The Morgan fingerprint density at radius 1 is 1.42 bits per heavy atom. The largest absolute Gasteiger partial charge is 0.480 e. The number of nitrogens with zero attached hydrogens (tertiary/aromatic N) is 1. The van der Waals surface area contributed by atoms with E-state index < -0.39 is 11.5 Å².